The highest BCUT2D eigenvalue weighted by Crippen LogP contribution is 2.24. The van der Waals surface area contributed by atoms with Crippen molar-refractivity contribution in [2.75, 3.05) is 49.3 Å². The molecule has 0 atom stereocenters. The lowest BCUT2D eigenvalue weighted by Gasteiger charge is -2.33. The molecule has 0 radical (unpaired) electrons. The number of amides is 1. The van der Waals surface area contributed by atoms with Gasteiger partial charge in [0.05, 0.1) is 18.0 Å². The average Bonchev–Trinajstić information content (AvgIpc) is 2.95. The third-order valence-electron chi connectivity index (χ3n) is 4.48. The van der Waals surface area contributed by atoms with Crippen molar-refractivity contribution < 1.29 is 13.2 Å². The van der Waals surface area contributed by atoms with E-state index >= 15 is 0 Å². The molecule has 0 aromatic heterocycles. The van der Waals surface area contributed by atoms with Gasteiger partial charge in [0, 0.05) is 38.3 Å². The normalized spacial score (nSPS) is 20.8. The Morgan fingerprint density at radius 3 is 2.29 bits per heavy atom. The van der Waals surface area contributed by atoms with Crippen molar-refractivity contribution in [1.82, 2.24) is 9.80 Å². The summed E-state index contributed by atoms with van der Waals surface area (Å²) in [5.41, 5.74) is 1.21. The largest absolute Gasteiger partial charge is 0.336 e. The van der Waals surface area contributed by atoms with Crippen LogP contribution in [0.15, 0.2) is 24.3 Å². The van der Waals surface area contributed by atoms with E-state index < -0.39 is 10.0 Å². The number of nitrogens with zero attached hydrogens (tertiary/aromatic N) is 3. The van der Waals surface area contributed by atoms with Gasteiger partial charge in [-0.1, -0.05) is 5.92 Å². The lowest BCUT2D eigenvalue weighted by atomic mass is 10.1. The number of hydrogen-bond acceptors (Lipinski definition) is 4. The van der Waals surface area contributed by atoms with Crippen molar-refractivity contribution in [3.8, 4) is 12.3 Å². The fraction of sp³-hybridized carbons (Fsp3) is 0.471. The van der Waals surface area contributed by atoms with Crippen LogP contribution in [0.3, 0.4) is 0 Å². The molecule has 6 nitrogen and oxygen atoms in total. The molecule has 2 aliphatic heterocycles. The number of carbonyl (C=O) groups is 1. The zero-order chi connectivity index (χ0) is 17.2. The van der Waals surface area contributed by atoms with Gasteiger partial charge in [-0.2, -0.15) is 0 Å². The van der Waals surface area contributed by atoms with Crippen LogP contribution in [0.5, 0.6) is 0 Å². The van der Waals surface area contributed by atoms with Crippen LogP contribution in [0.2, 0.25) is 0 Å². The van der Waals surface area contributed by atoms with E-state index in [0.29, 0.717) is 43.9 Å². The minimum absolute atomic E-state index is 0.0220. The summed E-state index contributed by atoms with van der Waals surface area (Å²) in [6.45, 7) is 3.99. The molecular weight excluding hydrogens is 326 g/mol. The molecule has 24 heavy (non-hydrogen) atoms. The summed E-state index contributed by atoms with van der Waals surface area (Å²) >= 11 is 0. The second-order valence-corrected chi connectivity index (χ2v) is 8.07. The van der Waals surface area contributed by atoms with Gasteiger partial charge < -0.3 is 4.90 Å². The van der Waals surface area contributed by atoms with Crippen molar-refractivity contribution in [2.45, 2.75) is 6.42 Å². The van der Waals surface area contributed by atoms with Gasteiger partial charge >= 0.3 is 0 Å². The Labute approximate surface area is 143 Å². The van der Waals surface area contributed by atoms with Crippen molar-refractivity contribution in [1.29, 1.82) is 0 Å². The highest BCUT2D eigenvalue weighted by atomic mass is 32.2. The molecule has 2 fully saturated rings. The molecule has 1 aromatic rings. The Morgan fingerprint density at radius 1 is 1.08 bits per heavy atom. The zero-order valence-electron chi connectivity index (χ0n) is 13.5. The molecule has 0 aliphatic carbocycles. The van der Waals surface area contributed by atoms with Crippen molar-refractivity contribution in [3.05, 3.63) is 29.8 Å². The first kappa shape index (κ1) is 16.8. The quantitative estimate of drug-likeness (QED) is 0.752. The minimum atomic E-state index is -3.19. The molecule has 1 amide bonds. The fourth-order valence-corrected chi connectivity index (χ4v) is 4.69. The Bertz CT molecular complexity index is 744. The van der Waals surface area contributed by atoms with Crippen LogP contribution in [0, 0.1) is 12.3 Å². The maximum Gasteiger partial charge on any atom is 0.253 e. The molecule has 3 rings (SSSR count). The van der Waals surface area contributed by atoms with Crippen LogP contribution in [-0.4, -0.2) is 69.1 Å². The summed E-state index contributed by atoms with van der Waals surface area (Å²) in [6.07, 6.45) is 5.95. The van der Waals surface area contributed by atoms with E-state index in [4.69, 9.17) is 6.42 Å². The smallest absolute Gasteiger partial charge is 0.253 e. The van der Waals surface area contributed by atoms with E-state index in [2.05, 4.69) is 10.8 Å². The predicted octanol–water partition coefficient (Wildman–Crippen LogP) is 0.617. The number of benzene rings is 1. The van der Waals surface area contributed by atoms with E-state index in [1.165, 1.54) is 4.31 Å². The van der Waals surface area contributed by atoms with Crippen LogP contribution in [0.1, 0.15) is 16.8 Å². The van der Waals surface area contributed by atoms with Crippen molar-refractivity contribution in [3.63, 3.8) is 0 Å². The molecular formula is C17H21N3O3S. The SMILES string of the molecule is C#CCN1CCN(C(=O)c2ccc(N3CCCS3(=O)=O)cc2)CC1. The molecule has 0 saturated carbocycles. The van der Waals surface area contributed by atoms with Crippen LogP contribution in [0.25, 0.3) is 0 Å². The van der Waals surface area contributed by atoms with E-state index in [1.54, 1.807) is 24.3 Å². The molecule has 0 unspecified atom stereocenters. The number of terminal acetylenes is 1. The first-order chi connectivity index (χ1) is 11.5. The van der Waals surface area contributed by atoms with Gasteiger partial charge in [-0.15, -0.1) is 6.42 Å². The number of rotatable bonds is 3. The van der Waals surface area contributed by atoms with Crippen LogP contribution < -0.4 is 4.31 Å². The molecule has 0 N–H and O–H groups in total. The van der Waals surface area contributed by atoms with E-state index in [9.17, 15) is 13.2 Å². The van der Waals surface area contributed by atoms with Gasteiger partial charge in [0.15, 0.2) is 0 Å². The highest BCUT2D eigenvalue weighted by molar-refractivity contribution is 7.93. The standard InChI is InChI=1S/C17H21N3O3S/c1-2-8-18-10-12-19(13-11-18)17(21)15-4-6-16(7-5-15)20-9-3-14-24(20,22)23/h1,4-7H,3,8-14H2. The second-order valence-electron chi connectivity index (χ2n) is 6.06. The summed E-state index contributed by atoms with van der Waals surface area (Å²) in [5.74, 6) is 2.79. The third kappa shape index (κ3) is 3.40. The predicted molar refractivity (Wildman–Crippen MR) is 93.4 cm³/mol. The van der Waals surface area contributed by atoms with E-state index in [-0.39, 0.29) is 11.7 Å². The third-order valence-corrected chi connectivity index (χ3v) is 6.35. The average molecular weight is 347 g/mol. The molecule has 0 bridgehead atoms. The van der Waals surface area contributed by atoms with Crippen molar-refractivity contribution in [2.24, 2.45) is 0 Å². The van der Waals surface area contributed by atoms with Gasteiger partial charge in [0.2, 0.25) is 10.0 Å². The van der Waals surface area contributed by atoms with Gasteiger partial charge in [-0.3, -0.25) is 14.0 Å². The lowest BCUT2D eigenvalue weighted by molar-refractivity contribution is 0.0652. The summed E-state index contributed by atoms with van der Waals surface area (Å²) in [5, 5.41) is 0. The molecule has 2 saturated heterocycles. The summed E-state index contributed by atoms with van der Waals surface area (Å²) in [6, 6.07) is 6.84. The number of hydrogen-bond donors (Lipinski definition) is 0. The molecule has 1 aromatic carbocycles. The molecule has 128 valence electrons. The minimum Gasteiger partial charge on any atom is -0.336 e. The Morgan fingerprint density at radius 2 is 1.75 bits per heavy atom. The summed E-state index contributed by atoms with van der Waals surface area (Å²) in [7, 11) is -3.19. The first-order valence-electron chi connectivity index (χ1n) is 8.07. The molecule has 7 heteroatoms. The summed E-state index contributed by atoms with van der Waals surface area (Å²) in [4.78, 5) is 16.5. The van der Waals surface area contributed by atoms with Crippen molar-refractivity contribution >= 4 is 21.6 Å². The molecule has 2 aliphatic rings. The van der Waals surface area contributed by atoms with E-state index in [0.717, 1.165) is 13.1 Å². The number of carbonyl (C=O) groups excluding carboxylic acids is 1. The highest BCUT2D eigenvalue weighted by Gasteiger charge is 2.28. The van der Waals surface area contributed by atoms with E-state index in [1.807, 2.05) is 4.90 Å². The van der Waals surface area contributed by atoms with Crippen LogP contribution in [0.4, 0.5) is 5.69 Å². The maximum atomic E-state index is 12.6. The van der Waals surface area contributed by atoms with Gasteiger partial charge in [0.25, 0.3) is 5.91 Å². The Balaban J connectivity index is 1.66. The second kappa shape index (κ2) is 6.83. The van der Waals surface area contributed by atoms with Crippen LogP contribution >= 0.6 is 0 Å². The molecule has 2 heterocycles. The first-order valence-corrected chi connectivity index (χ1v) is 9.68. The maximum absolute atomic E-state index is 12.6. The topological polar surface area (TPSA) is 60.9 Å². The fourth-order valence-electron chi connectivity index (χ4n) is 3.12. The van der Waals surface area contributed by atoms with Gasteiger partial charge in [-0.05, 0) is 30.7 Å². The summed E-state index contributed by atoms with van der Waals surface area (Å²) < 4.78 is 25.3. The molecule has 0 spiro atoms. The lowest BCUT2D eigenvalue weighted by Crippen LogP contribution is -2.48. The Kier molecular flexibility index (Phi) is 4.78. The monoisotopic (exact) mass is 347 g/mol. The number of piperazine rings is 1. The number of sulfonamides is 1. The van der Waals surface area contributed by atoms with Crippen LogP contribution in [-0.2, 0) is 10.0 Å². The van der Waals surface area contributed by atoms with Gasteiger partial charge in [-0.25, -0.2) is 8.42 Å². The Hall–Kier alpha value is -2.04. The number of anilines is 1. The zero-order valence-corrected chi connectivity index (χ0v) is 14.3. The van der Waals surface area contributed by atoms with Gasteiger partial charge in [0.1, 0.15) is 0 Å².